The van der Waals surface area contributed by atoms with E-state index in [0.717, 1.165) is 6.20 Å². The average molecular weight is 300 g/mol. The molecule has 98 valence electrons. The van der Waals surface area contributed by atoms with Crippen molar-refractivity contribution in [3.8, 4) is 11.3 Å². The minimum Gasteiger partial charge on any atom is -0.481 e. The van der Waals surface area contributed by atoms with Crippen molar-refractivity contribution in [3.05, 3.63) is 51.9 Å². The van der Waals surface area contributed by atoms with Gasteiger partial charge in [-0.2, -0.15) is 0 Å². The van der Waals surface area contributed by atoms with Crippen molar-refractivity contribution in [3.63, 3.8) is 0 Å². The second kappa shape index (κ2) is 5.55. The van der Waals surface area contributed by atoms with Crippen molar-refractivity contribution >= 4 is 29.2 Å². The van der Waals surface area contributed by atoms with Gasteiger partial charge in [0.2, 0.25) is 0 Å². The number of aliphatic carboxylic acids is 1. The highest BCUT2D eigenvalue weighted by Crippen LogP contribution is 2.32. The lowest BCUT2D eigenvalue weighted by atomic mass is 10.1. The number of rotatable bonds is 3. The molecule has 0 fully saturated rings. The molecule has 0 aliphatic heterocycles. The first-order chi connectivity index (χ1) is 8.99. The van der Waals surface area contributed by atoms with Gasteiger partial charge in [0, 0.05) is 11.1 Å². The Balaban J connectivity index is 2.51. The van der Waals surface area contributed by atoms with E-state index in [-0.39, 0.29) is 5.56 Å². The summed E-state index contributed by atoms with van der Waals surface area (Å²) >= 11 is 11.9. The number of aromatic nitrogens is 1. The molecule has 0 aliphatic rings. The molecule has 2 rings (SSSR count). The van der Waals surface area contributed by atoms with Crippen molar-refractivity contribution < 1.29 is 14.3 Å². The van der Waals surface area contributed by atoms with Crippen LogP contribution in [-0.2, 0) is 11.2 Å². The molecule has 0 spiro atoms. The largest absolute Gasteiger partial charge is 0.481 e. The maximum atomic E-state index is 13.4. The van der Waals surface area contributed by atoms with Crippen LogP contribution in [0.25, 0.3) is 11.3 Å². The molecule has 19 heavy (non-hydrogen) atoms. The number of benzene rings is 1. The maximum absolute atomic E-state index is 13.4. The van der Waals surface area contributed by atoms with Crippen molar-refractivity contribution in [2.75, 3.05) is 0 Å². The lowest BCUT2D eigenvalue weighted by molar-refractivity contribution is -0.136. The normalized spacial score (nSPS) is 10.5. The van der Waals surface area contributed by atoms with Crippen molar-refractivity contribution in [1.82, 2.24) is 4.98 Å². The zero-order chi connectivity index (χ0) is 14.0. The van der Waals surface area contributed by atoms with E-state index >= 15 is 0 Å². The Kier molecular flexibility index (Phi) is 4.02. The van der Waals surface area contributed by atoms with E-state index < -0.39 is 18.2 Å². The summed E-state index contributed by atoms with van der Waals surface area (Å²) in [5.41, 5.74) is 0.958. The van der Waals surface area contributed by atoms with E-state index in [1.54, 1.807) is 18.2 Å². The molecule has 1 heterocycles. The molecule has 0 aliphatic carbocycles. The van der Waals surface area contributed by atoms with Gasteiger partial charge in [0.1, 0.15) is 5.82 Å². The van der Waals surface area contributed by atoms with Crippen LogP contribution in [0.15, 0.2) is 30.5 Å². The number of carbonyl (C=O) groups is 1. The number of hydrogen-bond acceptors (Lipinski definition) is 2. The van der Waals surface area contributed by atoms with E-state index in [4.69, 9.17) is 28.3 Å². The Morgan fingerprint density at radius 3 is 2.79 bits per heavy atom. The molecule has 1 aromatic heterocycles. The van der Waals surface area contributed by atoms with Crippen LogP contribution in [0.5, 0.6) is 0 Å². The maximum Gasteiger partial charge on any atom is 0.307 e. The van der Waals surface area contributed by atoms with Gasteiger partial charge in [-0.15, -0.1) is 0 Å². The second-order valence-corrected chi connectivity index (χ2v) is 4.62. The lowest BCUT2D eigenvalue weighted by Gasteiger charge is -2.07. The summed E-state index contributed by atoms with van der Waals surface area (Å²) in [6.07, 6.45) is 0.560. The number of halogens is 3. The van der Waals surface area contributed by atoms with Crippen molar-refractivity contribution in [2.45, 2.75) is 6.42 Å². The third-order valence-corrected chi connectivity index (χ3v) is 3.32. The molecular weight excluding hydrogens is 292 g/mol. The van der Waals surface area contributed by atoms with Gasteiger partial charge >= 0.3 is 5.97 Å². The highest BCUT2D eigenvalue weighted by atomic mass is 35.5. The smallest absolute Gasteiger partial charge is 0.307 e. The molecule has 0 bridgehead atoms. The van der Waals surface area contributed by atoms with Crippen LogP contribution in [0.3, 0.4) is 0 Å². The standard InChI is InChI=1S/C13H8Cl2FNO2/c14-9-3-1-2-8(13(9)15)11-4-7(5-12(18)19)10(16)6-17-11/h1-4,6H,5H2,(H,18,19). The van der Waals surface area contributed by atoms with Crippen LogP contribution < -0.4 is 0 Å². The zero-order valence-corrected chi connectivity index (χ0v) is 11.0. The molecule has 0 amide bonds. The molecule has 0 atom stereocenters. The first-order valence-electron chi connectivity index (χ1n) is 5.29. The zero-order valence-electron chi connectivity index (χ0n) is 9.53. The number of pyridine rings is 1. The van der Waals surface area contributed by atoms with Gasteiger partial charge < -0.3 is 5.11 Å². The molecule has 3 nitrogen and oxygen atoms in total. The summed E-state index contributed by atoms with van der Waals surface area (Å²) < 4.78 is 13.4. The van der Waals surface area contributed by atoms with Crippen LogP contribution >= 0.6 is 23.2 Å². The fraction of sp³-hybridized carbons (Fsp3) is 0.0769. The van der Waals surface area contributed by atoms with Gasteiger partial charge in [-0.1, -0.05) is 35.3 Å². The molecular formula is C13H8Cl2FNO2. The Bertz CT molecular complexity index is 647. The third kappa shape index (κ3) is 3.03. The lowest BCUT2D eigenvalue weighted by Crippen LogP contribution is -2.03. The molecule has 1 aromatic carbocycles. The molecule has 0 saturated carbocycles. The van der Waals surface area contributed by atoms with Crippen molar-refractivity contribution in [1.29, 1.82) is 0 Å². The first-order valence-corrected chi connectivity index (χ1v) is 6.05. The van der Waals surface area contributed by atoms with Crippen LogP contribution in [0.1, 0.15) is 5.56 Å². The minimum atomic E-state index is -1.12. The minimum absolute atomic E-state index is 0.0496. The van der Waals surface area contributed by atoms with Gasteiger partial charge in [0.05, 0.1) is 28.4 Å². The first kappa shape index (κ1) is 13.8. The van der Waals surface area contributed by atoms with Gasteiger partial charge in [-0.3, -0.25) is 9.78 Å². The van der Waals surface area contributed by atoms with E-state index in [9.17, 15) is 9.18 Å². The Morgan fingerprint density at radius 1 is 1.37 bits per heavy atom. The highest BCUT2D eigenvalue weighted by Gasteiger charge is 2.13. The highest BCUT2D eigenvalue weighted by molar-refractivity contribution is 6.43. The predicted molar refractivity (Wildman–Crippen MR) is 71.0 cm³/mol. The predicted octanol–water partition coefficient (Wildman–Crippen LogP) is 3.82. The van der Waals surface area contributed by atoms with E-state index in [0.29, 0.717) is 21.3 Å². The van der Waals surface area contributed by atoms with Gasteiger partial charge in [0.15, 0.2) is 0 Å². The average Bonchev–Trinajstić information content (AvgIpc) is 2.35. The number of nitrogens with zero attached hydrogens (tertiary/aromatic N) is 1. The van der Waals surface area contributed by atoms with Crippen LogP contribution in [0.4, 0.5) is 4.39 Å². The fourth-order valence-electron chi connectivity index (χ4n) is 1.63. The van der Waals surface area contributed by atoms with E-state index in [1.807, 2.05) is 0 Å². The summed E-state index contributed by atoms with van der Waals surface area (Å²) in [4.78, 5) is 14.6. The molecule has 0 saturated heterocycles. The molecule has 6 heteroatoms. The van der Waals surface area contributed by atoms with E-state index in [2.05, 4.69) is 4.98 Å². The summed E-state index contributed by atoms with van der Waals surface area (Å²) in [6, 6.07) is 6.35. The molecule has 1 N–H and O–H groups in total. The summed E-state index contributed by atoms with van der Waals surface area (Å²) in [5, 5.41) is 9.37. The van der Waals surface area contributed by atoms with Crippen molar-refractivity contribution in [2.24, 2.45) is 0 Å². The monoisotopic (exact) mass is 299 g/mol. The van der Waals surface area contributed by atoms with Crippen LogP contribution in [0, 0.1) is 5.82 Å². The summed E-state index contributed by atoms with van der Waals surface area (Å²) in [5.74, 6) is -1.78. The third-order valence-electron chi connectivity index (χ3n) is 2.50. The summed E-state index contributed by atoms with van der Waals surface area (Å²) in [7, 11) is 0. The Labute approximate surface area is 118 Å². The Hall–Kier alpha value is -1.65. The summed E-state index contributed by atoms with van der Waals surface area (Å²) in [6.45, 7) is 0. The number of carboxylic acid groups (broad SMARTS) is 1. The fourth-order valence-corrected chi connectivity index (χ4v) is 2.03. The van der Waals surface area contributed by atoms with Gasteiger partial charge in [0.25, 0.3) is 0 Å². The SMILES string of the molecule is O=C(O)Cc1cc(-c2cccc(Cl)c2Cl)ncc1F. The quantitative estimate of drug-likeness (QED) is 0.937. The van der Waals surface area contributed by atoms with Gasteiger partial charge in [-0.25, -0.2) is 4.39 Å². The van der Waals surface area contributed by atoms with Gasteiger partial charge in [-0.05, 0) is 12.1 Å². The molecule has 0 radical (unpaired) electrons. The molecule has 0 unspecified atom stereocenters. The molecule has 2 aromatic rings. The Morgan fingerprint density at radius 2 is 2.11 bits per heavy atom. The topological polar surface area (TPSA) is 50.2 Å². The van der Waals surface area contributed by atoms with Crippen LogP contribution in [0.2, 0.25) is 10.0 Å². The van der Waals surface area contributed by atoms with Crippen LogP contribution in [-0.4, -0.2) is 16.1 Å². The number of carboxylic acids is 1. The second-order valence-electron chi connectivity index (χ2n) is 3.83. The number of hydrogen-bond donors (Lipinski definition) is 1. The van der Waals surface area contributed by atoms with E-state index in [1.165, 1.54) is 6.07 Å².